The van der Waals surface area contributed by atoms with Gasteiger partial charge in [-0.05, 0) is 29.7 Å². The summed E-state index contributed by atoms with van der Waals surface area (Å²) in [6.45, 7) is -0.328. The van der Waals surface area contributed by atoms with Crippen molar-refractivity contribution < 1.29 is 14.3 Å². The molecule has 0 fully saturated rings. The van der Waals surface area contributed by atoms with E-state index in [0.29, 0.717) is 16.3 Å². The van der Waals surface area contributed by atoms with Crippen LogP contribution in [0.4, 0.5) is 0 Å². The Kier molecular flexibility index (Phi) is 6.95. The second-order valence-corrected chi connectivity index (χ2v) is 7.30. The summed E-state index contributed by atoms with van der Waals surface area (Å²) >= 11 is 7.61. The van der Waals surface area contributed by atoms with E-state index in [0.717, 1.165) is 15.7 Å². The van der Waals surface area contributed by atoms with Crippen molar-refractivity contribution in [1.29, 1.82) is 5.26 Å². The van der Waals surface area contributed by atoms with Crippen molar-refractivity contribution in [2.45, 2.75) is 4.90 Å². The van der Waals surface area contributed by atoms with Gasteiger partial charge in [-0.3, -0.25) is 20.4 Å². The maximum Gasteiger partial charge on any atom is 0.276 e. The third-order valence-corrected chi connectivity index (χ3v) is 5.25. The van der Waals surface area contributed by atoms with E-state index in [-0.39, 0.29) is 18.3 Å². The first-order valence-corrected chi connectivity index (χ1v) is 9.94. The number of carbonyl (C=O) groups is 2. The average Bonchev–Trinajstić information content (AvgIpc) is 2.75. The molecule has 0 aromatic heterocycles. The van der Waals surface area contributed by atoms with Crippen LogP contribution in [0.2, 0.25) is 5.02 Å². The number of amides is 2. The monoisotopic (exact) mass is 425 g/mol. The molecule has 0 saturated heterocycles. The molecule has 3 aromatic rings. The summed E-state index contributed by atoms with van der Waals surface area (Å²) in [4.78, 5) is 24.8. The Morgan fingerprint density at radius 3 is 2.52 bits per heavy atom. The molecule has 0 bridgehead atoms. The first-order valence-electron chi connectivity index (χ1n) is 8.58. The number of para-hydroxylation sites is 1. The summed E-state index contributed by atoms with van der Waals surface area (Å²) in [6, 6.07) is 19.9. The molecule has 6 nitrogen and oxygen atoms in total. The molecule has 0 radical (unpaired) electrons. The molecule has 29 heavy (non-hydrogen) atoms. The lowest BCUT2D eigenvalue weighted by atomic mass is 10.1. The van der Waals surface area contributed by atoms with Crippen molar-refractivity contribution in [3.05, 3.63) is 71.2 Å². The number of hydrazine groups is 1. The zero-order valence-corrected chi connectivity index (χ0v) is 16.7. The second kappa shape index (κ2) is 9.82. The van der Waals surface area contributed by atoms with Gasteiger partial charge in [-0.15, -0.1) is 11.8 Å². The van der Waals surface area contributed by atoms with Gasteiger partial charge in [-0.2, -0.15) is 5.26 Å². The standard InChI is InChI=1S/C21H16ClN3O3S/c22-16-8-3-6-14-7-4-10-18(21(14)16)29-13-20(27)25-24-19(26)12-28-17-9-2-1-5-15(17)11-23/h1-10H,12-13H2,(H,24,26)(H,25,27). The third kappa shape index (κ3) is 5.41. The Labute approximate surface area is 176 Å². The molecule has 0 saturated carbocycles. The summed E-state index contributed by atoms with van der Waals surface area (Å²) in [5, 5.41) is 11.5. The van der Waals surface area contributed by atoms with Crippen LogP contribution in [0.25, 0.3) is 10.8 Å². The Hall–Kier alpha value is -3.21. The van der Waals surface area contributed by atoms with Crippen molar-refractivity contribution >= 4 is 45.9 Å². The van der Waals surface area contributed by atoms with Crippen LogP contribution in [0, 0.1) is 11.3 Å². The predicted molar refractivity (Wildman–Crippen MR) is 113 cm³/mol. The number of nitrogens with one attached hydrogen (secondary N) is 2. The molecule has 0 unspecified atom stereocenters. The van der Waals surface area contributed by atoms with Gasteiger partial charge in [-0.1, -0.05) is 48.0 Å². The number of hydrogen-bond donors (Lipinski definition) is 2. The maximum atomic E-state index is 12.1. The molecule has 0 heterocycles. The van der Waals surface area contributed by atoms with Gasteiger partial charge in [0.15, 0.2) is 6.61 Å². The highest BCUT2D eigenvalue weighted by atomic mass is 35.5. The predicted octanol–water partition coefficient (Wildman–Crippen LogP) is 3.68. The van der Waals surface area contributed by atoms with Crippen LogP contribution in [-0.4, -0.2) is 24.2 Å². The normalized spacial score (nSPS) is 10.2. The third-order valence-electron chi connectivity index (χ3n) is 3.88. The number of nitrogens with zero attached hydrogens (tertiary/aromatic N) is 1. The van der Waals surface area contributed by atoms with Crippen LogP contribution >= 0.6 is 23.4 Å². The van der Waals surface area contributed by atoms with Gasteiger partial charge in [0.05, 0.1) is 11.3 Å². The number of carbonyl (C=O) groups excluding carboxylic acids is 2. The molecule has 3 aromatic carbocycles. The van der Waals surface area contributed by atoms with Crippen molar-refractivity contribution in [3.63, 3.8) is 0 Å². The highest BCUT2D eigenvalue weighted by molar-refractivity contribution is 8.00. The minimum absolute atomic E-state index is 0.0999. The second-order valence-electron chi connectivity index (χ2n) is 5.88. The quantitative estimate of drug-likeness (QED) is 0.464. The molecule has 146 valence electrons. The summed E-state index contributed by atoms with van der Waals surface area (Å²) in [5.41, 5.74) is 4.96. The van der Waals surface area contributed by atoms with Gasteiger partial charge in [0.2, 0.25) is 5.91 Å². The summed E-state index contributed by atoms with van der Waals surface area (Å²) in [6.07, 6.45) is 0. The number of hydrogen-bond acceptors (Lipinski definition) is 5. The van der Waals surface area contributed by atoms with E-state index in [4.69, 9.17) is 21.6 Å². The van der Waals surface area contributed by atoms with Gasteiger partial charge < -0.3 is 4.74 Å². The SMILES string of the molecule is N#Cc1ccccc1OCC(=O)NNC(=O)CSc1cccc2cccc(Cl)c12. The van der Waals surface area contributed by atoms with Gasteiger partial charge >= 0.3 is 0 Å². The van der Waals surface area contributed by atoms with E-state index >= 15 is 0 Å². The Morgan fingerprint density at radius 1 is 1.00 bits per heavy atom. The Bertz CT molecular complexity index is 1090. The van der Waals surface area contributed by atoms with Crippen LogP contribution in [0.1, 0.15) is 5.56 Å². The van der Waals surface area contributed by atoms with Crippen molar-refractivity contribution in [2.75, 3.05) is 12.4 Å². The molecule has 0 aliphatic heterocycles. The first-order chi connectivity index (χ1) is 14.1. The van der Waals surface area contributed by atoms with Crippen LogP contribution in [0.3, 0.4) is 0 Å². The topological polar surface area (TPSA) is 91.2 Å². The molecule has 0 aliphatic rings. The zero-order valence-electron chi connectivity index (χ0n) is 15.1. The number of rotatable bonds is 6. The minimum Gasteiger partial charge on any atom is -0.482 e. The zero-order chi connectivity index (χ0) is 20.6. The summed E-state index contributed by atoms with van der Waals surface area (Å²) in [5.74, 6) is -0.503. The number of nitriles is 1. The molecule has 0 atom stereocenters. The van der Waals surface area contributed by atoms with Crippen molar-refractivity contribution in [1.82, 2.24) is 10.9 Å². The number of benzene rings is 3. The number of halogens is 1. The fourth-order valence-electron chi connectivity index (χ4n) is 2.57. The number of ether oxygens (including phenoxy) is 1. The lowest BCUT2D eigenvalue weighted by Gasteiger charge is -2.10. The summed E-state index contributed by atoms with van der Waals surface area (Å²) in [7, 11) is 0. The highest BCUT2D eigenvalue weighted by Gasteiger charge is 2.10. The molecular weight excluding hydrogens is 410 g/mol. The van der Waals surface area contributed by atoms with Gasteiger partial charge in [0.25, 0.3) is 5.91 Å². The van der Waals surface area contributed by atoms with Gasteiger partial charge in [0.1, 0.15) is 11.8 Å². The van der Waals surface area contributed by atoms with E-state index in [1.54, 1.807) is 30.3 Å². The lowest BCUT2D eigenvalue weighted by molar-refractivity contribution is -0.128. The molecule has 0 aliphatic carbocycles. The Balaban J connectivity index is 1.48. The number of fused-ring (bicyclic) bond motifs is 1. The number of thioether (sulfide) groups is 1. The van der Waals surface area contributed by atoms with Crippen LogP contribution in [-0.2, 0) is 9.59 Å². The van der Waals surface area contributed by atoms with Gasteiger partial charge in [-0.25, -0.2) is 0 Å². The molecule has 0 spiro atoms. The minimum atomic E-state index is -0.538. The molecule has 2 N–H and O–H groups in total. The van der Waals surface area contributed by atoms with Crippen LogP contribution < -0.4 is 15.6 Å². The van der Waals surface area contributed by atoms with Crippen molar-refractivity contribution in [3.8, 4) is 11.8 Å². The van der Waals surface area contributed by atoms with E-state index < -0.39 is 5.91 Å². The molecule has 3 rings (SSSR count). The fraction of sp³-hybridized carbons (Fsp3) is 0.0952. The highest BCUT2D eigenvalue weighted by Crippen LogP contribution is 2.33. The fourth-order valence-corrected chi connectivity index (χ4v) is 3.81. The first kappa shape index (κ1) is 20.5. The molecule has 2 amide bonds. The molecule has 8 heteroatoms. The average molecular weight is 426 g/mol. The van der Waals surface area contributed by atoms with E-state index in [1.807, 2.05) is 36.4 Å². The lowest BCUT2D eigenvalue weighted by Crippen LogP contribution is -2.44. The van der Waals surface area contributed by atoms with E-state index in [2.05, 4.69) is 10.9 Å². The van der Waals surface area contributed by atoms with Crippen LogP contribution in [0.15, 0.2) is 65.6 Å². The van der Waals surface area contributed by atoms with Crippen molar-refractivity contribution in [2.24, 2.45) is 0 Å². The van der Waals surface area contributed by atoms with E-state index in [1.165, 1.54) is 11.8 Å². The largest absolute Gasteiger partial charge is 0.482 e. The molecular formula is C21H16ClN3O3S. The Morgan fingerprint density at radius 2 is 1.72 bits per heavy atom. The van der Waals surface area contributed by atoms with Gasteiger partial charge in [0, 0.05) is 15.3 Å². The summed E-state index contributed by atoms with van der Waals surface area (Å²) < 4.78 is 5.31. The smallest absolute Gasteiger partial charge is 0.276 e. The maximum absolute atomic E-state index is 12.1. The van der Waals surface area contributed by atoms with E-state index in [9.17, 15) is 9.59 Å². The van der Waals surface area contributed by atoms with Crippen LogP contribution in [0.5, 0.6) is 5.75 Å².